The molecule has 1 aliphatic carbocycles. The molecule has 184 valence electrons. The maximum atomic E-state index is 12.7. The van der Waals surface area contributed by atoms with Gasteiger partial charge in [0.15, 0.2) is 0 Å². The second-order valence-electron chi connectivity index (χ2n) is 10.3. The molecule has 0 radical (unpaired) electrons. The van der Waals surface area contributed by atoms with Crippen LogP contribution in [0.5, 0.6) is 0 Å². The molecule has 2 atom stereocenters. The summed E-state index contributed by atoms with van der Waals surface area (Å²) in [6.45, 7) is 4.85. The highest BCUT2D eigenvalue weighted by Crippen LogP contribution is 2.39. The average Bonchev–Trinajstić information content (AvgIpc) is 3.48. The van der Waals surface area contributed by atoms with Gasteiger partial charge in [0.25, 0.3) is 5.91 Å². The molecule has 1 amide bonds. The monoisotopic (exact) mass is 495 g/mol. The first-order valence-corrected chi connectivity index (χ1v) is 12.7. The summed E-state index contributed by atoms with van der Waals surface area (Å²) < 4.78 is 7.40. The maximum absolute atomic E-state index is 12.7. The lowest BCUT2D eigenvalue weighted by atomic mass is 9.85. The van der Waals surface area contributed by atoms with Crippen LogP contribution >= 0.6 is 11.6 Å². The number of pyridine rings is 1. The lowest BCUT2D eigenvalue weighted by Gasteiger charge is -2.43. The van der Waals surface area contributed by atoms with Gasteiger partial charge in [0.2, 0.25) is 0 Å². The summed E-state index contributed by atoms with van der Waals surface area (Å²) in [6, 6.07) is 6.44. The Hall–Kier alpha value is -2.52. The molecule has 0 bridgehead atoms. The van der Waals surface area contributed by atoms with Crippen molar-refractivity contribution in [3.8, 4) is 0 Å². The second kappa shape index (κ2) is 8.85. The summed E-state index contributed by atoms with van der Waals surface area (Å²) in [5, 5.41) is 20.3. The van der Waals surface area contributed by atoms with E-state index in [1.165, 1.54) is 0 Å². The Labute approximate surface area is 209 Å². The zero-order valence-electron chi connectivity index (χ0n) is 19.8. The Morgan fingerprint density at radius 1 is 1.17 bits per heavy atom. The van der Waals surface area contributed by atoms with E-state index in [-0.39, 0.29) is 11.4 Å². The minimum atomic E-state index is -0.451. The third kappa shape index (κ3) is 4.33. The number of amides is 1. The molecule has 3 aliphatic rings. The topological polar surface area (TPSA) is 92.5 Å². The van der Waals surface area contributed by atoms with Crippen molar-refractivity contribution in [2.45, 2.75) is 56.2 Å². The summed E-state index contributed by atoms with van der Waals surface area (Å²) in [6.07, 6.45) is 8.88. The number of nitrogens with zero attached hydrogens (tertiary/aromatic N) is 4. The van der Waals surface area contributed by atoms with Crippen molar-refractivity contribution < 1.29 is 14.6 Å². The van der Waals surface area contributed by atoms with Crippen LogP contribution in [-0.4, -0.2) is 68.6 Å². The first kappa shape index (κ1) is 22.9. The van der Waals surface area contributed by atoms with E-state index >= 15 is 0 Å². The van der Waals surface area contributed by atoms with Crippen molar-refractivity contribution in [3.63, 3.8) is 0 Å². The fraction of sp³-hybridized carbons (Fsp3) is 0.500. The normalized spacial score (nSPS) is 25.9. The van der Waals surface area contributed by atoms with E-state index in [1.807, 2.05) is 16.8 Å². The largest absolute Gasteiger partial charge is 0.389 e. The molecule has 2 N–H and O–H groups in total. The van der Waals surface area contributed by atoms with Gasteiger partial charge in [0.05, 0.1) is 42.7 Å². The third-order valence-electron chi connectivity index (χ3n) is 7.91. The minimum Gasteiger partial charge on any atom is -0.389 e. The van der Waals surface area contributed by atoms with Crippen LogP contribution in [0.4, 0.5) is 5.82 Å². The van der Waals surface area contributed by atoms with Crippen LogP contribution in [0, 0.1) is 0 Å². The highest BCUT2D eigenvalue weighted by molar-refractivity contribution is 6.32. The third-order valence-corrected chi connectivity index (χ3v) is 8.24. The zero-order valence-corrected chi connectivity index (χ0v) is 20.5. The van der Waals surface area contributed by atoms with E-state index in [2.05, 4.69) is 33.3 Å². The van der Waals surface area contributed by atoms with Gasteiger partial charge in [-0.05, 0) is 80.8 Å². The van der Waals surface area contributed by atoms with Crippen molar-refractivity contribution in [1.29, 1.82) is 0 Å². The molecule has 6 rings (SSSR count). The fourth-order valence-corrected chi connectivity index (χ4v) is 5.73. The Balaban J connectivity index is 1.18. The van der Waals surface area contributed by atoms with Crippen molar-refractivity contribution in [2.75, 3.05) is 31.6 Å². The molecule has 35 heavy (non-hydrogen) atoms. The summed E-state index contributed by atoms with van der Waals surface area (Å²) >= 11 is 6.71. The Kier molecular flexibility index (Phi) is 5.79. The standard InChI is InChI=1S/C26H30ClN5O3/c1-26(15-35-14-23(26)33)31-6-4-16(5-7-31)21-8-17-10-24(28-11-18(17)9-22(21)27)30-25(34)19-12-29-32(13-19)20-2-3-20/h8-13,16,20,23,33H,2-7,14-15H2,1H3,(H,28,30,34). The van der Waals surface area contributed by atoms with Crippen LogP contribution in [0.3, 0.4) is 0 Å². The number of hydrogen-bond acceptors (Lipinski definition) is 6. The van der Waals surface area contributed by atoms with Crippen LogP contribution in [-0.2, 0) is 4.74 Å². The number of aliphatic hydroxyl groups excluding tert-OH is 1. The molecule has 9 heteroatoms. The quantitative estimate of drug-likeness (QED) is 0.555. The number of aromatic nitrogens is 3. The minimum absolute atomic E-state index is 0.211. The van der Waals surface area contributed by atoms with Crippen LogP contribution in [0.15, 0.2) is 36.8 Å². The van der Waals surface area contributed by atoms with Crippen LogP contribution in [0.2, 0.25) is 5.02 Å². The molecule has 1 aromatic carbocycles. The number of halogens is 1. The summed E-state index contributed by atoms with van der Waals surface area (Å²) in [5.74, 6) is 0.635. The molecular formula is C26H30ClN5O3. The molecule has 3 aromatic rings. The number of aliphatic hydroxyl groups is 1. The molecule has 0 spiro atoms. The van der Waals surface area contributed by atoms with Gasteiger partial charge >= 0.3 is 0 Å². The van der Waals surface area contributed by atoms with Gasteiger partial charge in [0, 0.05) is 22.8 Å². The van der Waals surface area contributed by atoms with Crippen molar-refractivity contribution in [2.24, 2.45) is 0 Å². The predicted octanol–water partition coefficient (Wildman–Crippen LogP) is 4.00. The average molecular weight is 496 g/mol. The number of carbonyl (C=O) groups excluding carboxylic acids is 1. The SMILES string of the molecule is CC1(N2CCC(c3cc4cc(NC(=O)c5cnn(C6CC6)c5)ncc4cc3Cl)CC2)COCC1O. The smallest absolute Gasteiger partial charge is 0.260 e. The number of likely N-dealkylation sites (tertiary alicyclic amines) is 1. The fourth-order valence-electron chi connectivity index (χ4n) is 5.40. The van der Waals surface area contributed by atoms with E-state index in [1.54, 1.807) is 18.6 Å². The highest BCUT2D eigenvalue weighted by Gasteiger charge is 2.45. The molecule has 2 aliphatic heterocycles. The van der Waals surface area contributed by atoms with E-state index in [0.717, 1.165) is 60.1 Å². The molecule has 8 nitrogen and oxygen atoms in total. The molecule has 1 saturated carbocycles. The molecule has 4 heterocycles. The number of carbonyl (C=O) groups is 1. The van der Waals surface area contributed by atoms with Crippen molar-refractivity contribution >= 4 is 34.1 Å². The lowest BCUT2D eigenvalue weighted by molar-refractivity contribution is -0.00211. The van der Waals surface area contributed by atoms with Gasteiger partial charge < -0.3 is 15.2 Å². The number of rotatable bonds is 5. The van der Waals surface area contributed by atoms with E-state index in [9.17, 15) is 9.90 Å². The van der Waals surface area contributed by atoms with Gasteiger partial charge in [-0.15, -0.1) is 0 Å². The number of nitrogens with one attached hydrogen (secondary N) is 1. The van der Waals surface area contributed by atoms with Gasteiger partial charge in [-0.1, -0.05) is 11.6 Å². The number of piperidine rings is 1. The number of hydrogen-bond donors (Lipinski definition) is 2. The van der Waals surface area contributed by atoms with Crippen molar-refractivity contribution in [1.82, 2.24) is 19.7 Å². The summed E-state index contributed by atoms with van der Waals surface area (Å²) in [4.78, 5) is 19.5. The van der Waals surface area contributed by atoms with E-state index < -0.39 is 6.10 Å². The Morgan fingerprint density at radius 3 is 2.69 bits per heavy atom. The van der Waals surface area contributed by atoms with E-state index in [4.69, 9.17) is 16.3 Å². The maximum Gasteiger partial charge on any atom is 0.260 e. The van der Waals surface area contributed by atoms with Gasteiger partial charge in [-0.2, -0.15) is 5.10 Å². The highest BCUT2D eigenvalue weighted by atomic mass is 35.5. The molecular weight excluding hydrogens is 466 g/mol. The second-order valence-corrected chi connectivity index (χ2v) is 10.7. The van der Waals surface area contributed by atoms with Crippen molar-refractivity contribution in [3.05, 3.63) is 52.9 Å². The summed E-state index contributed by atoms with van der Waals surface area (Å²) in [7, 11) is 0. The zero-order chi connectivity index (χ0) is 24.2. The van der Waals surface area contributed by atoms with Gasteiger partial charge in [-0.25, -0.2) is 4.98 Å². The van der Waals surface area contributed by atoms with E-state index in [0.29, 0.717) is 36.6 Å². The molecule has 2 aromatic heterocycles. The number of anilines is 1. The first-order valence-electron chi connectivity index (χ1n) is 12.4. The lowest BCUT2D eigenvalue weighted by Crippen LogP contribution is -2.56. The number of benzene rings is 1. The van der Waals surface area contributed by atoms with Crippen LogP contribution < -0.4 is 5.32 Å². The number of fused-ring (bicyclic) bond motifs is 1. The van der Waals surface area contributed by atoms with Crippen LogP contribution in [0.25, 0.3) is 10.8 Å². The Morgan fingerprint density at radius 2 is 1.97 bits per heavy atom. The molecule has 2 saturated heterocycles. The van der Waals surface area contributed by atoms with Gasteiger partial charge in [0.1, 0.15) is 5.82 Å². The predicted molar refractivity (Wildman–Crippen MR) is 134 cm³/mol. The number of ether oxygens (including phenoxy) is 1. The first-order chi connectivity index (χ1) is 16.9. The van der Waals surface area contributed by atoms with Gasteiger partial charge in [-0.3, -0.25) is 14.4 Å². The van der Waals surface area contributed by atoms with Crippen LogP contribution in [0.1, 0.15) is 60.5 Å². The Bertz CT molecular complexity index is 1270. The molecule has 2 unspecified atom stereocenters. The molecule has 3 fully saturated rings. The summed E-state index contributed by atoms with van der Waals surface area (Å²) in [5.41, 5.74) is 1.35.